The molecule has 1 aliphatic rings. The number of carbonyl (C=O) groups excluding carboxylic acids is 1. The van der Waals surface area contributed by atoms with Crippen LogP contribution in [0.5, 0.6) is 0 Å². The molecule has 0 saturated carbocycles. The number of hydrogen-bond acceptors (Lipinski definition) is 3. The standard InChI is InChI=1S/C20H23ClN2O3S/c1-14-10-15(2)13-23(12-14)20(24)16-6-5-7-17(11-16)27(25,26)22-19-9-4-3-8-18(19)21/h3-9,11,14-15,22H,10,12-13H2,1-2H3. The lowest BCUT2D eigenvalue weighted by Crippen LogP contribution is -2.42. The van der Waals surface area contributed by atoms with Gasteiger partial charge in [0.2, 0.25) is 0 Å². The van der Waals surface area contributed by atoms with Crippen LogP contribution in [0.4, 0.5) is 5.69 Å². The van der Waals surface area contributed by atoms with Gasteiger partial charge in [-0.2, -0.15) is 0 Å². The van der Waals surface area contributed by atoms with Crippen molar-refractivity contribution in [2.24, 2.45) is 11.8 Å². The summed E-state index contributed by atoms with van der Waals surface area (Å²) in [6.45, 7) is 5.64. The van der Waals surface area contributed by atoms with Crippen molar-refractivity contribution >= 4 is 33.2 Å². The summed E-state index contributed by atoms with van der Waals surface area (Å²) in [5.74, 6) is 0.737. The SMILES string of the molecule is CC1CC(C)CN(C(=O)c2cccc(S(=O)(=O)Nc3ccccc3Cl)c2)C1. The average molecular weight is 407 g/mol. The van der Waals surface area contributed by atoms with Gasteiger partial charge in [-0.25, -0.2) is 8.42 Å². The molecule has 1 heterocycles. The molecule has 7 heteroatoms. The second-order valence-corrected chi connectivity index (χ2v) is 9.36. The summed E-state index contributed by atoms with van der Waals surface area (Å²) < 4.78 is 27.9. The molecule has 0 spiro atoms. The van der Waals surface area contributed by atoms with Crippen LogP contribution in [0, 0.1) is 11.8 Å². The molecule has 1 amide bonds. The fraction of sp³-hybridized carbons (Fsp3) is 0.350. The number of amides is 1. The molecule has 27 heavy (non-hydrogen) atoms. The van der Waals surface area contributed by atoms with Gasteiger partial charge in [-0.3, -0.25) is 9.52 Å². The number of piperidine rings is 1. The van der Waals surface area contributed by atoms with Crippen LogP contribution in [-0.4, -0.2) is 32.3 Å². The minimum atomic E-state index is -3.85. The van der Waals surface area contributed by atoms with Gasteiger partial charge in [0.05, 0.1) is 15.6 Å². The molecular formula is C20H23ClN2O3S. The van der Waals surface area contributed by atoms with E-state index in [9.17, 15) is 13.2 Å². The topological polar surface area (TPSA) is 66.5 Å². The number of anilines is 1. The normalized spacial score (nSPS) is 20.3. The van der Waals surface area contributed by atoms with Crippen molar-refractivity contribution < 1.29 is 13.2 Å². The number of hydrogen-bond donors (Lipinski definition) is 1. The predicted molar refractivity (Wildman–Crippen MR) is 108 cm³/mol. The van der Waals surface area contributed by atoms with Crippen molar-refractivity contribution in [3.63, 3.8) is 0 Å². The minimum Gasteiger partial charge on any atom is -0.338 e. The maximum atomic E-state index is 12.9. The molecule has 2 aromatic rings. The zero-order chi connectivity index (χ0) is 19.6. The second kappa shape index (κ2) is 7.90. The van der Waals surface area contributed by atoms with Crippen LogP contribution in [0.25, 0.3) is 0 Å². The highest BCUT2D eigenvalue weighted by Crippen LogP contribution is 2.26. The first kappa shape index (κ1) is 19.7. The molecular weight excluding hydrogens is 384 g/mol. The molecule has 1 aliphatic heterocycles. The number of carbonyl (C=O) groups is 1. The zero-order valence-electron chi connectivity index (χ0n) is 15.4. The van der Waals surface area contributed by atoms with Crippen molar-refractivity contribution in [2.75, 3.05) is 17.8 Å². The summed E-state index contributed by atoms with van der Waals surface area (Å²) in [5, 5.41) is 0.310. The van der Waals surface area contributed by atoms with Gasteiger partial charge in [0.1, 0.15) is 0 Å². The first-order chi connectivity index (χ1) is 12.8. The lowest BCUT2D eigenvalue weighted by atomic mass is 9.91. The number of nitrogens with one attached hydrogen (secondary N) is 1. The third kappa shape index (κ3) is 4.62. The summed E-state index contributed by atoms with van der Waals surface area (Å²) >= 11 is 6.04. The first-order valence-electron chi connectivity index (χ1n) is 8.93. The summed E-state index contributed by atoms with van der Waals surface area (Å²) in [5.41, 5.74) is 0.674. The van der Waals surface area contributed by atoms with Crippen molar-refractivity contribution in [3.8, 4) is 0 Å². The van der Waals surface area contributed by atoms with E-state index < -0.39 is 10.0 Å². The number of benzene rings is 2. The highest BCUT2D eigenvalue weighted by molar-refractivity contribution is 7.92. The Morgan fingerprint density at radius 3 is 2.41 bits per heavy atom. The van der Waals surface area contributed by atoms with E-state index in [1.807, 2.05) is 4.90 Å². The van der Waals surface area contributed by atoms with Crippen LogP contribution >= 0.6 is 11.6 Å². The molecule has 0 aliphatic carbocycles. The molecule has 1 fully saturated rings. The molecule has 0 bridgehead atoms. The lowest BCUT2D eigenvalue weighted by Gasteiger charge is -2.35. The Morgan fingerprint density at radius 1 is 1.07 bits per heavy atom. The van der Waals surface area contributed by atoms with E-state index in [1.165, 1.54) is 12.1 Å². The van der Waals surface area contributed by atoms with E-state index in [4.69, 9.17) is 11.6 Å². The summed E-state index contributed by atoms with van der Waals surface area (Å²) in [7, 11) is -3.85. The van der Waals surface area contributed by atoms with Crippen LogP contribution in [0.15, 0.2) is 53.4 Å². The van der Waals surface area contributed by atoms with Crippen molar-refractivity contribution in [1.29, 1.82) is 0 Å². The third-order valence-corrected chi connectivity index (χ3v) is 6.36. The van der Waals surface area contributed by atoms with Gasteiger partial charge in [-0.05, 0) is 48.6 Å². The van der Waals surface area contributed by atoms with Gasteiger partial charge in [0, 0.05) is 18.7 Å². The van der Waals surface area contributed by atoms with Crippen LogP contribution in [-0.2, 0) is 10.0 Å². The monoisotopic (exact) mass is 406 g/mol. The fourth-order valence-corrected chi connectivity index (χ4v) is 4.92. The second-order valence-electron chi connectivity index (χ2n) is 7.27. The Bertz CT molecular complexity index is 936. The van der Waals surface area contributed by atoms with E-state index >= 15 is 0 Å². The van der Waals surface area contributed by atoms with Crippen LogP contribution < -0.4 is 4.72 Å². The van der Waals surface area contributed by atoms with E-state index in [2.05, 4.69) is 18.6 Å². The molecule has 0 radical (unpaired) electrons. The number of para-hydroxylation sites is 1. The van der Waals surface area contributed by atoms with Crippen molar-refractivity contribution in [1.82, 2.24) is 4.90 Å². The molecule has 2 atom stereocenters. The average Bonchev–Trinajstić information content (AvgIpc) is 2.62. The number of halogens is 1. The van der Waals surface area contributed by atoms with Gasteiger partial charge >= 0.3 is 0 Å². The zero-order valence-corrected chi connectivity index (χ0v) is 16.9. The predicted octanol–water partition coefficient (Wildman–Crippen LogP) is 4.26. The molecule has 3 rings (SSSR count). The number of rotatable bonds is 4. The Labute approximate surface area is 165 Å². The largest absolute Gasteiger partial charge is 0.338 e. The maximum Gasteiger partial charge on any atom is 0.261 e. The van der Waals surface area contributed by atoms with E-state index in [-0.39, 0.29) is 10.8 Å². The summed E-state index contributed by atoms with van der Waals surface area (Å²) in [6, 6.07) is 12.8. The van der Waals surface area contributed by atoms with E-state index in [1.54, 1.807) is 36.4 Å². The Morgan fingerprint density at radius 2 is 1.74 bits per heavy atom. The summed E-state index contributed by atoms with van der Waals surface area (Å²) in [4.78, 5) is 14.7. The van der Waals surface area contributed by atoms with Gasteiger partial charge in [0.15, 0.2) is 0 Å². The van der Waals surface area contributed by atoms with Crippen molar-refractivity contribution in [3.05, 3.63) is 59.1 Å². The fourth-order valence-electron chi connectivity index (χ4n) is 3.56. The summed E-state index contributed by atoms with van der Waals surface area (Å²) in [6.07, 6.45) is 1.10. The van der Waals surface area contributed by atoms with Crippen molar-refractivity contribution in [2.45, 2.75) is 25.2 Å². The van der Waals surface area contributed by atoms with Gasteiger partial charge < -0.3 is 4.90 Å². The van der Waals surface area contributed by atoms with Crippen LogP contribution in [0.1, 0.15) is 30.6 Å². The molecule has 5 nitrogen and oxygen atoms in total. The van der Waals surface area contributed by atoms with E-state index in [0.717, 1.165) is 6.42 Å². The Balaban J connectivity index is 1.84. The quantitative estimate of drug-likeness (QED) is 0.824. The van der Waals surface area contributed by atoms with Crippen LogP contribution in [0.3, 0.4) is 0 Å². The van der Waals surface area contributed by atoms with Gasteiger partial charge in [0.25, 0.3) is 15.9 Å². The minimum absolute atomic E-state index is 0.0337. The van der Waals surface area contributed by atoms with E-state index in [0.29, 0.717) is 41.2 Å². The third-order valence-electron chi connectivity index (χ3n) is 4.67. The van der Waals surface area contributed by atoms with Gasteiger partial charge in [-0.1, -0.05) is 43.6 Å². The number of likely N-dealkylation sites (tertiary alicyclic amines) is 1. The Hall–Kier alpha value is -2.05. The molecule has 1 N–H and O–H groups in total. The first-order valence-corrected chi connectivity index (χ1v) is 10.8. The molecule has 0 aromatic heterocycles. The smallest absolute Gasteiger partial charge is 0.261 e. The number of nitrogens with zero attached hydrogens (tertiary/aromatic N) is 1. The molecule has 2 unspecified atom stereocenters. The Kier molecular flexibility index (Phi) is 5.77. The molecule has 144 valence electrons. The highest BCUT2D eigenvalue weighted by atomic mass is 35.5. The van der Waals surface area contributed by atoms with Gasteiger partial charge in [-0.15, -0.1) is 0 Å². The molecule has 2 aromatic carbocycles. The van der Waals surface area contributed by atoms with Crippen LogP contribution in [0.2, 0.25) is 5.02 Å². The maximum absolute atomic E-state index is 12.9. The number of sulfonamides is 1. The highest BCUT2D eigenvalue weighted by Gasteiger charge is 2.27. The lowest BCUT2D eigenvalue weighted by molar-refractivity contribution is 0.0623. The molecule has 1 saturated heterocycles.